The van der Waals surface area contributed by atoms with Gasteiger partial charge in [-0.3, -0.25) is 9.59 Å². The van der Waals surface area contributed by atoms with Gasteiger partial charge in [-0.05, 0) is 21.6 Å². The number of carbonyl (C=O) groups excluding carboxylic acids is 2. The fourth-order valence-electron chi connectivity index (χ4n) is 0.812. The SMILES string of the molecule is CN(C)C(=S)SSC(=S)N(C)C.O=C1C(Cl)=C(Cl)C(=O)C(Cl)=C1Cl. The van der Waals surface area contributed by atoms with Crippen molar-refractivity contribution in [3.8, 4) is 0 Å². The van der Waals surface area contributed by atoms with Gasteiger partial charge in [0.2, 0.25) is 11.6 Å². The summed E-state index contributed by atoms with van der Waals surface area (Å²) in [6.07, 6.45) is 0. The van der Waals surface area contributed by atoms with Crippen LogP contribution in [0.5, 0.6) is 0 Å². The van der Waals surface area contributed by atoms with Crippen molar-refractivity contribution in [3.05, 3.63) is 20.1 Å². The van der Waals surface area contributed by atoms with E-state index in [9.17, 15) is 9.59 Å². The number of carbonyl (C=O) groups is 2. The van der Waals surface area contributed by atoms with Crippen molar-refractivity contribution in [3.63, 3.8) is 0 Å². The molecule has 0 fully saturated rings. The predicted molar refractivity (Wildman–Crippen MR) is 115 cm³/mol. The highest BCUT2D eigenvalue weighted by atomic mass is 35.5. The molecule has 0 saturated carbocycles. The fourth-order valence-corrected chi connectivity index (χ4v) is 4.01. The Morgan fingerprint density at radius 1 is 0.708 bits per heavy atom. The molecule has 0 aromatic heterocycles. The second kappa shape index (κ2) is 11.2. The molecule has 4 nitrogen and oxygen atoms in total. The zero-order valence-electron chi connectivity index (χ0n) is 12.9. The summed E-state index contributed by atoms with van der Waals surface area (Å²) in [4.78, 5) is 25.8. The van der Waals surface area contributed by atoms with Gasteiger partial charge in [-0.1, -0.05) is 70.8 Å². The van der Waals surface area contributed by atoms with Gasteiger partial charge >= 0.3 is 0 Å². The van der Waals surface area contributed by atoms with Crippen molar-refractivity contribution >= 4 is 113 Å². The monoisotopic (exact) mass is 484 g/mol. The lowest BCUT2D eigenvalue weighted by molar-refractivity contribution is -0.114. The molecule has 0 aromatic rings. The molecular formula is C12H12Cl4N2O2S4. The van der Waals surface area contributed by atoms with Crippen LogP contribution in [-0.2, 0) is 9.59 Å². The van der Waals surface area contributed by atoms with Crippen LogP contribution in [0.2, 0.25) is 0 Å². The van der Waals surface area contributed by atoms with E-state index >= 15 is 0 Å². The third-order valence-electron chi connectivity index (χ3n) is 2.10. The maximum Gasteiger partial charge on any atom is 0.219 e. The third kappa shape index (κ3) is 7.37. The Kier molecular flexibility index (Phi) is 11.4. The van der Waals surface area contributed by atoms with Gasteiger partial charge in [0, 0.05) is 28.2 Å². The van der Waals surface area contributed by atoms with E-state index in [1.54, 1.807) is 0 Å². The van der Waals surface area contributed by atoms with Crippen LogP contribution in [0.4, 0.5) is 0 Å². The van der Waals surface area contributed by atoms with Crippen molar-refractivity contribution in [2.24, 2.45) is 0 Å². The predicted octanol–water partition coefficient (Wildman–Crippen LogP) is 4.58. The highest BCUT2D eigenvalue weighted by molar-refractivity contribution is 8.89. The average Bonchev–Trinajstić information content (AvgIpc) is 2.54. The fraction of sp³-hybridized carbons (Fsp3) is 0.333. The molecule has 1 aliphatic rings. The highest BCUT2D eigenvalue weighted by Crippen LogP contribution is 2.32. The smallest absolute Gasteiger partial charge is 0.219 e. The van der Waals surface area contributed by atoms with Crippen LogP contribution in [0, 0.1) is 0 Å². The first-order chi connectivity index (χ1) is 10.9. The highest BCUT2D eigenvalue weighted by Gasteiger charge is 2.31. The Morgan fingerprint density at radius 2 is 0.917 bits per heavy atom. The van der Waals surface area contributed by atoms with Crippen molar-refractivity contribution in [2.75, 3.05) is 28.2 Å². The summed E-state index contributed by atoms with van der Waals surface area (Å²) in [6, 6.07) is 0. The molecular weight excluding hydrogens is 474 g/mol. The Hall–Kier alpha value is 0.460. The first-order valence-electron chi connectivity index (χ1n) is 5.88. The van der Waals surface area contributed by atoms with E-state index in [4.69, 9.17) is 70.8 Å². The standard InChI is InChI=1S/C6Cl4O2.C6H12N2S4/c7-1-2(8)6(12)4(10)3(9)5(1)11;1-7(2)5(9)11-12-6(10)8(3)4/h;1-4H3. The molecule has 0 amide bonds. The Bertz CT molecular complexity index is 551. The number of Topliss-reactive ketones (excluding diaryl/α,β-unsaturated/α-hetero) is 2. The summed E-state index contributed by atoms with van der Waals surface area (Å²) in [5, 5.41) is -1.57. The number of hydrogen-bond acceptors (Lipinski definition) is 6. The molecule has 0 saturated heterocycles. The number of halogens is 4. The van der Waals surface area contributed by atoms with E-state index in [0.717, 1.165) is 8.64 Å². The van der Waals surface area contributed by atoms with Crippen LogP contribution < -0.4 is 0 Å². The second-order valence-corrected chi connectivity index (χ2v) is 9.31. The van der Waals surface area contributed by atoms with Crippen LogP contribution in [-0.4, -0.2) is 58.2 Å². The van der Waals surface area contributed by atoms with Crippen LogP contribution in [0.1, 0.15) is 0 Å². The van der Waals surface area contributed by atoms with Crippen molar-refractivity contribution in [2.45, 2.75) is 0 Å². The van der Waals surface area contributed by atoms with Gasteiger partial charge in [-0.2, -0.15) is 0 Å². The summed E-state index contributed by atoms with van der Waals surface area (Å²) in [5.74, 6) is -1.46. The number of rotatable bonds is 0. The Morgan fingerprint density at radius 3 is 1.08 bits per heavy atom. The minimum atomic E-state index is -0.729. The molecule has 0 N–H and O–H groups in total. The molecule has 12 heteroatoms. The maximum atomic E-state index is 11.0. The van der Waals surface area contributed by atoms with E-state index in [2.05, 4.69) is 0 Å². The van der Waals surface area contributed by atoms with E-state index in [0.29, 0.717) is 0 Å². The lowest BCUT2D eigenvalue weighted by atomic mass is 10.1. The summed E-state index contributed by atoms with van der Waals surface area (Å²) >= 11 is 31.6. The molecule has 0 aromatic carbocycles. The molecule has 0 heterocycles. The van der Waals surface area contributed by atoms with E-state index in [-0.39, 0.29) is 0 Å². The number of thiocarbonyl (C=S) groups is 2. The molecule has 0 unspecified atom stereocenters. The maximum absolute atomic E-state index is 11.0. The van der Waals surface area contributed by atoms with Crippen molar-refractivity contribution in [1.82, 2.24) is 9.80 Å². The molecule has 1 rings (SSSR count). The van der Waals surface area contributed by atoms with Crippen molar-refractivity contribution in [1.29, 1.82) is 0 Å². The molecule has 0 radical (unpaired) electrons. The van der Waals surface area contributed by atoms with Gasteiger partial charge in [-0.15, -0.1) is 0 Å². The molecule has 0 aliphatic heterocycles. The van der Waals surface area contributed by atoms with E-state index in [1.165, 1.54) is 21.6 Å². The normalized spacial score (nSPS) is 14.3. The molecule has 0 bridgehead atoms. The lowest BCUT2D eigenvalue weighted by Gasteiger charge is -2.15. The molecule has 0 spiro atoms. The van der Waals surface area contributed by atoms with Gasteiger partial charge in [0.1, 0.15) is 28.8 Å². The lowest BCUT2D eigenvalue weighted by Crippen LogP contribution is -2.18. The first kappa shape index (κ1) is 24.5. The van der Waals surface area contributed by atoms with Crippen LogP contribution in [0.15, 0.2) is 20.1 Å². The molecule has 134 valence electrons. The summed E-state index contributed by atoms with van der Waals surface area (Å²) in [5.41, 5.74) is 0. The van der Waals surface area contributed by atoms with E-state index < -0.39 is 31.7 Å². The van der Waals surface area contributed by atoms with Crippen molar-refractivity contribution < 1.29 is 9.59 Å². The number of nitrogens with zero attached hydrogens (tertiary/aromatic N) is 2. The Balaban J connectivity index is 0.000000441. The van der Waals surface area contributed by atoms with Crippen LogP contribution in [0.25, 0.3) is 0 Å². The zero-order chi connectivity index (χ0) is 19.2. The number of allylic oxidation sites excluding steroid dienone is 4. The second-order valence-electron chi connectivity index (χ2n) is 4.40. The third-order valence-corrected chi connectivity index (χ3v) is 7.89. The largest absolute Gasteiger partial charge is 0.363 e. The summed E-state index contributed by atoms with van der Waals surface area (Å²) in [7, 11) is 10.7. The Labute approximate surface area is 179 Å². The van der Waals surface area contributed by atoms with Gasteiger partial charge in [0.05, 0.1) is 0 Å². The van der Waals surface area contributed by atoms with E-state index in [1.807, 2.05) is 38.0 Å². The number of hydrogen-bond donors (Lipinski definition) is 0. The topological polar surface area (TPSA) is 40.6 Å². The van der Waals surface area contributed by atoms with Gasteiger partial charge in [-0.25, -0.2) is 0 Å². The van der Waals surface area contributed by atoms with Gasteiger partial charge < -0.3 is 9.80 Å². The van der Waals surface area contributed by atoms with Gasteiger partial charge in [0.15, 0.2) is 0 Å². The zero-order valence-corrected chi connectivity index (χ0v) is 19.1. The quantitative estimate of drug-likeness (QED) is 0.280. The van der Waals surface area contributed by atoms with Crippen LogP contribution in [0.3, 0.4) is 0 Å². The minimum Gasteiger partial charge on any atom is -0.363 e. The van der Waals surface area contributed by atoms with Crippen LogP contribution >= 0.6 is 92.4 Å². The molecule has 24 heavy (non-hydrogen) atoms. The number of ketones is 2. The van der Waals surface area contributed by atoms with Gasteiger partial charge in [0.25, 0.3) is 0 Å². The first-order valence-corrected chi connectivity index (χ1v) is 10.4. The summed E-state index contributed by atoms with van der Waals surface area (Å²) in [6.45, 7) is 0. The minimum absolute atomic E-state index is 0.393. The molecule has 0 atom stereocenters. The summed E-state index contributed by atoms with van der Waals surface area (Å²) < 4.78 is 1.67. The molecule has 1 aliphatic carbocycles. The average molecular weight is 486 g/mol.